The van der Waals surface area contributed by atoms with Crippen LogP contribution in [0, 0.1) is 0 Å². The van der Waals surface area contributed by atoms with E-state index in [1.807, 2.05) is 0 Å². The molecule has 0 bridgehead atoms. The number of carbonyl (C=O) groups is 3. The van der Waals surface area contributed by atoms with Crippen molar-refractivity contribution in [3.8, 4) is 0 Å². The Kier molecular flexibility index (Phi) is 12.7. The molecule has 0 amide bonds. The Morgan fingerprint density at radius 2 is 0.857 bits per heavy atom. The van der Waals surface area contributed by atoms with Gasteiger partial charge in [-0.3, -0.25) is 9.59 Å². The molecule has 0 aromatic heterocycles. The maximum absolute atomic E-state index is 10.8. The van der Waals surface area contributed by atoms with Gasteiger partial charge in [-0.25, -0.2) is 4.79 Å². The minimum atomic E-state index is -1.32. The Labute approximate surface area is 126 Å². The van der Waals surface area contributed by atoms with Crippen molar-refractivity contribution in [1.82, 2.24) is 0 Å². The molecule has 0 fully saturated rings. The first kappa shape index (κ1) is 19.6. The lowest BCUT2D eigenvalue weighted by Crippen LogP contribution is -2.11. The summed E-state index contributed by atoms with van der Waals surface area (Å²) in [5, 5.41) is 16.9. The molecule has 2 N–H and O–H groups in total. The zero-order valence-electron chi connectivity index (χ0n) is 12.8. The number of aliphatic carboxylic acids is 2. The Bertz CT molecular complexity index is 312. The molecule has 0 saturated carbocycles. The predicted octanol–water partition coefficient (Wildman–Crippen LogP) is 3.80. The van der Waals surface area contributed by atoms with Gasteiger partial charge in [0.05, 0.1) is 0 Å². The van der Waals surface area contributed by atoms with Crippen LogP contribution in [0.2, 0.25) is 0 Å². The average Bonchev–Trinajstić information content (AvgIpc) is 2.43. The molecule has 0 aliphatic rings. The van der Waals surface area contributed by atoms with Gasteiger partial charge in [-0.05, 0) is 12.8 Å². The Balaban J connectivity index is 3.11. The second-order valence-corrected chi connectivity index (χ2v) is 5.51. The predicted molar refractivity (Wildman–Crippen MR) is 80.3 cm³/mol. The van der Waals surface area contributed by atoms with E-state index in [2.05, 4.69) is 0 Å². The molecule has 21 heavy (non-hydrogen) atoms. The third-order valence-electron chi connectivity index (χ3n) is 3.53. The van der Waals surface area contributed by atoms with E-state index >= 15 is 0 Å². The molecule has 0 unspecified atom stereocenters. The molecule has 0 saturated heterocycles. The van der Waals surface area contributed by atoms with E-state index in [9.17, 15) is 14.4 Å². The molecule has 0 aromatic carbocycles. The molecular formula is C16H28O5. The second-order valence-electron chi connectivity index (χ2n) is 5.51. The molecule has 0 aliphatic carbocycles. The van der Waals surface area contributed by atoms with Crippen LogP contribution in [0.3, 0.4) is 0 Å². The summed E-state index contributed by atoms with van der Waals surface area (Å²) >= 11 is 0. The van der Waals surface area contributed by atoms with Crippen LogP contribution in [0.15, 0.2) is 0 Å². The van der Waals surface area contributed by atoms with Crippen molar-refractivity contribution < 1.29 is 24.6 Å². The summed E-state index contributed by atoms with van der Waals surface area (Å²) in [4.78, 5) is 31.4. The van der Waals surface area contributed by atoms with Crippen LogP contribution in [0.5, 0.6) is 0 Å². The van der Waals surface area contributed by atoms with Crippen molar-refractivity contribution in [2.45, 2.75) is 83.5 Å². The Morgan fingerprint density at radius 3 is 1.19 bits per heavy atom. The standard InChI is InChI=1S/C16H28O5/c17-14(16(20)21)12-10-8-6-4-2-1-3-5-7-9-11-13-15(18)19/h1-13H2,(H,18,19)(H,20,21). The zero-order valence-corrected chi connectivity index (χ0v) is 12.8. The van der Waals surface area contributed by atoms with Gasteiger partial charge >= 0.3 is 11.9 Å². The SMILES string of the molecule is O=C(O)CCCCCCCCCCCCCC(=O)C(=O)O. The van der Waals surface area contributed by atoms with Crippen molar-refractivity contribution in [2.24, 2.45) is 0 Å². The zero-order chi connectivity index (χ0) is 15.9. The van der Waals surface area contributed by atoms with Gasteiger partial charge < -0.3 is 10.2 Å². The molecule has 0 aliphatic heterocycles. The van der Waals surface area contributed by atoms with E-state index in [0.29, 0.717) is 6.42 Å². The highest BCUT2D eigenvalue weighted by atomic mass is 16.4. The van der Waals surface area contributed by atoms with Gasteiger partial charge in [0.25, 0.3) is 0 Å². The van der Waals surface area contributed by atoms with E-state index in [-0.39, 0.29) is 12.8 Å². The van der Waals surface area contributed by atoms with Crippen LogP contribution < -0.4 is 0 Å². The van der Waals surface area contributed by atoms with Crippen LogP contribution in [0.4, 0.5) is 0 Å². The molecular weight excluding hydrogens is 272 g/mol. The number of carboxylic acid groups (broad SMARTS) is 2. The molecule has 0 aromatic rings. The molecule has 0 radical (unpaired) electrons. The number of hydrogen-bond donors (Lipinski definition) is 2. The summed E-state index contributed by atoms with van der Waals surface area (Å²) < 4.78 is 0. The van der Waals surface area contributed by atoms with Crippen LogP contribution >= 0.6 is 0 Å². The van der Waals surface area contributed by atoms with E-state index < -0.39 is 17.7 Å². The third-order valence-corrected chi connectivity index (χ3v) is 3.53. The fourth-order valence-electron chi connectivity index (χ4n) is 2.26. The van der Waals surface area contributed by atoms with Crippen LogP contribution in [-0.4, -0.2) is 27.9 Å². The molecule has 0 heterocycles. The average molecular weight is 300 g/mol. The number of unbranched alkanes of at least 4 members (excludes halogenated alkanes) is 10. The van der Waals surface area contributed by atoms with E-state index in [4.69, 9.17) is 10.2 Å². The lowest BCUT2D eigenvalue weighted by molar-refractivity contribution is -0.149. The number of carboxylic acids is 2. The number of carbonyl (C=O) groups excluding carboxylic acids is 1. The van der Waals surface area contributed by atoms with E-state index in [1.54, 1.807) is 0 Å². The maximum atomic E-state index is 10.8. The van der Waals surface area contributed by atoms with Gasteiger partial charge in [0, 0.05) is 12.8 Å². The quantitative estimate of drug-likeness (QED) is 0.354. The number of hydrogen-bond acceptors (Lipinski definition) is 3. The minimum absolute atomic E-state index is 0.158. The number of ketones is 1. The van der Waals surface area contributed by atoms with Crippen molar-refractivity contribution in [3.05, 3.63) is 0 Å². The summed E-state index contributed by atoms with van der Waals surface area (Å²) in [6.45, 7) is 0. The maximum Gasteiger partial charge on any atom is 0.372 e. The summed E-state index contributed by atoms with van der Waals surface area (Å²) in [7, 11) is 0. The van der Waals surface area contributed by atoms with Crippen LogP contribution in [0.1, 0.15) is 83.5 Å². The van der Waals surface area contributed by atoms with Gasteiger partial charge in [0.15, 0.2) is 0 Å². The van der Waals surface area contributed by atoms with E-state index in [1.165, 1.54) is 25.7 Å². The summed E-state index contributed by atoms with van der Waals surface area (Å²) in [5.74, 6) is -2.71. The van der Waals surface area contributed by atoms with Gasteiger partial charge in [-0.1, -0.05) is 57.8 Å². The topological polar surface area (TPSA) is 91.7 Å². The molecule has 5 nitrogen and oxygen atoms in total. The highest BCUT2D eigenvalue weighted by Crippen LogP contribution is 2.12. The van der Waals surface area contributed by atoms with Gasteiger partial charge in [0.2, 0.25) is 5.78 Å². The fourth-order valence-corrected chi connectivity index (χ4v) is 2.26. The summed E-state index contributed by atoms with van der Waals surface area (Å²) in [5.41, 5.74) is 0. The van der Waals surface area contributed by atoms with Crippen molar-refractivity contribution in [1.29, 1.82) is 0 Å². The smallest absolute Gasteiger partial charge is 0.372 e. The number of rotatable bonds is 15. The first-order chi connectivity index (χ1) is 10.0. The molecule has 0 spiro atoms. The first-order valence-electron chi connectivity index (χ1n) is 8.02. The van der Waals surface area contributed by atoms with Gasteiger partial charge in [-0.2, -0.15) is 0 Å². The monoisotopic (exact) mass is 300 g/mol. The Hall–Kier alpha value is -1.39. The normalized spacial score (nSPS) is 10.5. The first-order valence-corrected chi connectivity index (χ1v) is 8.02. The van der Waals surface area contributed by atoms with Gasteiger partial charge in [-0.15, -0.1) is 0 Å². The summed E-state index contributed by atoms with van der Waals surface area (Å²) in [6.07, 6.45) is 11.9. The molecule has 0 atom stereocenters. The fraction of sp³-hybridized carbons (Fsp3) is 0.812. The van der Waals surface area contributed by atoms with Crippen molar-refractivity contribution in [2.75, 3.05) is 0 Å². The lowest BCUT2D eigenvalue weighted by atomic mass is 10.0. The molecule has 5 heteroatoms. The molecule has 0 rings (SSSR count). The lowest BCUT2D eigenvalue weighted by Gasteiger charge is -2.02. The Morgan fingerprint density at radius 1 is 0.524 bits per heavy atom. The minimum Gasteiger partial charge on any atom is -0.481 e. The number of Topliss-reactive ketones (excluding diaryl/α,β-unsaturated/α-hetero) is 1. The largest absolute Gasteiger partial charge is 0.481 e. The van der Waals surface area contributed by atoms with Gasteiger partial charge in [0.1, 0.15) is 0 Å². The second kappa shape index (κ2) is 13.6. The highest BCUT2D eigenvalue weighted by molar-refractivity contribution is 6.32. The third kappa shape index (κ3) is 14.8. The summed E-state index contributed by atoms with van der Waals surface area (Å²) in [6, 6.07) is 0. The van der Waals surface area contributed by atoms with Crippen LogP contribution in [-0.2, 0) is 14.4 Å². The van der Waals surface area contributed by atoms with Crippen molar-refractivity contribution in [3.63, 3.8) is 0 Å². The van der Waals surface area contributed by atoms with E-state index in [0.717, 1.165) is 38.5 Å². The van der Waals surface area contributed by atoms with Crippen molar-refractivity contribution >= 4 is 17.7 Å². The highest BCUT2D eigenvalue weighted by Gasteiger charge is 2.09. The van der Waals surface area contributed by atoms with Crippen LogP contribution in [0.25, 0.3) is 0 Å². The molecule has 122 valence electrons.